The van der Waals surface area contributed by atoms with Crippen LogP contribution >= 0.6 is 0 Å². The van der Waals surface area contributed by atoms with Gasteiger partial charge in [0.05, 0.1) is 18.4 Å². The van der Waals surface area contributed by atoms with Crippen LogP contribution in [0.5, 0.6) is 0 Å². The van der Waals surface area contributed by atoms with Crippen molar-refractivity contribution in [3.8, 4) is 6.07 Å². The summed E-state index contributed by atoms with van der Waals surface area (Å²) >= 11 is 0. The lowest BCUT2D eigenvalue weighted by molar-refractivity contribution is -0.112. The molecule has 1 amide bonds. The number of anilines is 1. The van der Waals surface area contributed by atoms with Gasteiger partial charge in [0.25, 0.3) is 5.91 Å². The zero-order chi connectivity index (χ0) is 17.9. The molecule has 0 aliphatic carbocycles. The van der Waals surface area contributed by atoms with E-state index >= 15 is 0 Å². The summed E-state index contributed by atoms with van der Waals surface area (Å²) in [5.74, 6) is -1.19. The summed E-state index contributed by atoms with van der Waals surface area (Å²) in [6, 6.07) is 8.26. The van der Waals surface area contributed by atoms with E-state index in [1.807, 2.05) is 6.07 Å². The summed E-state index contributed by atoms with van der Waals surface area (Å²) in [5, 5.41) is 11.8. The van der Waals surface area contributed by atoms with Gasteiger partial charge < -0.3 is 15.0 Å². The van der Waals surface area contributed by atoms with Gasteiger partial charge in [0, 0.05) is 19.3 Å². The Balaban J connectivity index is 3.04. The molecule has 124 valence electrons. The van der Waals surface area contributed by atoms with Crippen LogP contribution in [0.3, 0.4) is 0 Å². The Morgan fingerprint density at radius 1 is 1.29 bits per heavy atom. The number of hydrogen-bond donors (Lipinski definition) is 1. The van der Waals surface area contributed by atoms with Crippen molar-refractivity contribution in [3.63, 3.8) is 0 Å². The first-order valence-electron chi connectivity index (χ1n) is 7.13. The van der Waals surface area contributed by atoms with Gasteiger partial charge in [-0.1, -0.05) is 24.3 Å². The largest absolute Gasteiger partial charge is 0.465 e. The van der Waals surface area contributed by atoms with Crippen molar-refractivity contribution < 1.29 is 14.3 Å². The number of carbonyl (C=O) groups is 2. The average Bonchev–Trinajstić information content (AvgIpc) is 2.59. The molecule has 0 heterocycles. The number of methoxy groups -OCH3 is 1. The van der Waals surface area contributed by atoms with Crippen molar-refractivity contribution >= 4 is 17.6 Å². The lowest BCUT2D eigenvalue weighted by Gasteiger charge is -2.16. The summed E-state index contributed by atoms with van der Waals surface area (Å²) in [7, 11) is 1.25. The van der Waals surface area contributed by atoms with Crippen molar-refractivity contribution in [1.82, 2.24) is 4.90 Å². The highest BCUT2D eigenvalue weighted by molar-refractivity contribution is 6.09. The molecule has 1 aromatic rings. The number of benzene rings is 1. The maximum absolute atomic E-state index is 12.3. The van der Waals surface area contributed by atoms with Crippen LogP contribution in [0.4, 0.5) is 5.69 Å². The Morgan fingerprint density at radius 3 is 2.46 bits per heavy atom. The Labute approximate surface area is 141 Å². The first-order valence-corrected chi connectivity index (χ1v) is 7.13. The van der Waals surface area contributed by atoms with Crippen LogP contribution in [0, 0.1) is 11.3 Å². The monoisotopic (exact) mass is 325 g/mol. The molecule has 1 aromatic carbocycles. The van der Waals surface area contributed by atoms with Gasteiger partial charge in [-0.15, -0.1) is 13.2 Å². The van der Waals surface area contributed by atoms with Gasteiger partial charge in [0.15, 0.2) is 0 Å². The number of rotatable bonds is 8. The number of nitrogens with one attached hydrogen (secondary N) is 1. The molecule has 0 fully saturated rings. The molecule has 0 aromatic heterocycles. The van der Waals surface area contributed by atoms with Gasteiger partial charge in [-0.25, -0.2) is 4.79 Å². The standard InChI is InChI=1S/C18H19N3O3/c1-4-10-21(11-5-2)13-14(12-19)17(22)20-16-9-7-6-8-15(16)18(23)24-3/h4-9,13H,1-2,10-11H2,3H3,(H,20,22)/b14-13-. The first-order chi connectivity index (χ1) is 11.6. The summed E-state index contributed by atoms with van der Waals surface area (Å²) in [5.41, 5.74) is 0.382. The quantitative estimate of drug-likeness (QED) is 0.344. The van der Waals surface area contributed by atoms with E-state index < -0.39 is 11.9 Å². The van der Waals surface area contributed by atoms with Crippen LogP contribution < -0.4 is 5.32 Å². The predicted octanol–water partition coefficient (Wildman–Crippen LogP) is 2.49. The van der Waals surface area contributed by atoms with E-state index in [4.69, 9.17) is 0 Å². The molecule has 0 saturated heterocycles. The van der Waals surface area contributed by atoms with Gasteiger partial charge >= 0.3 is 5.97 Å². The van der Waals surface area contributed by atoms with E-state index in [0.29, 0.717) is 13.1 Å². The maximum atomic E-state index is 12.3. The zero-order valence-corrected chi connectivity index (χ0v) is 13.5. The number of carbonyl (C=O) groups excluding carboxylic acids is 2. The van der Waals surface area contributed by atoms with Crippen LogP contribution in [0.25, 0.3) is 0 Å². The fraction of sp³-hybridized carbons (Fsp3) is 0.167. The Kier molecular flexibility index (Phi) is 7.52. The van der Waals surface area contributed by atoms with Crippen LogP contribution in [0.15, 0.2) is 61.3 Å². The number of esters is 1. The van der Waals surface area contributed by atoms with Crippen molar-refractivity contribution in [2.24, 2.45) is 0 Å². The lowest BCUT2D eigenvalue weighted by Crippen LogP contribution is -2.22. The maximum Gasteiger partial charge on any atom is 0.339 e. The van der Waals surface area contributed by atoms with Crippen molar-refractivity contribution in [2.45, 2.75) is 0 Å². The second kappa shape index (κ2) is 9.64. The van der Waals surface area contributed by atoms with Gasteiger partial charge in [-0.2, -0.15) is 5.26 Å². The minimum atomic E-state index is -0.619. The van der Waals surface area contributed by atoms with Crippen LogP contribution in [-0.4, -0.2) is 37.0 Å². The fourth-order valence-electron chi connectivity index (χ4n) is 1.90. The lowest BCUT2D eigenvalue weighted by atomic mass is 10.1. The van der Waals surface area contributed by atoms with E-state index in [9.17, 15) is 14.9 Å². The second-order valence-corrected chi connectivity index (χ2v) is 4.68. The highest BCUT2D eigenvalue weighted by Gasteiger charge is 2.16. The molecule has 0 saturated carbocycles. The summed E-state index contributed by atoms with van der Waals surface area (Å²) in [6.45, 7) is 8.18. The molecule has 6 nitrogen and oxygen atoms in total. The smallest absolute Gasteiger partial charge is 0.339 e. The second-order valence-electron chi connectivity index (χ2n) is 4.68. The molecule has 1 rings (SSSR count). The number of nitriles is 1. The SMILES string of the molecule is C=CCN(/C=C(/C#N)C(=O)Nc1ccccc1C(=O)OC)CC=C. The third kappa shape index (κ3) is 5.14. The summed E-state index contributed by atoms with van der Waals surface area (Å²) < 4.78 is 4.67. The first kappa shape index (κ1) is 18.7. The van der Waals surface area contributed by atoms with Crippen LogP contribution in [0.2, 0.25) is 0 Å². The number of nitrogens with zero attached hydrogens (tertiary/aromatic N) is 2. The molecule has 24 heavy (non-hydrogen) atoms. The molecule has 0 bridgehead atoms. The minimum Gasteiger partial charge on any atom is -0.465 e. The van der Waals surface area contributed by atoms with Crippen molar-refractivity contribution in [2.75, 3.05) is 25.5 Å². The van der Waals surface area contributed by atoms with Crippen molar-refractivity contribution in [3.05, 3.63) is 66.9 Å². The van der Waals surface area contributed by atoms with Crippen molar-refractivity contribution in [1.29, 1.82) is 5.26 Å². The van der Waals surface area contributed by atoms with Crippen LogP contribution in [-0.2, 0) is 9.53 Å². The number of para-hydroxylation sites is 1. The summed E-state index contributed by atoms with van der Waals surface area (Å²) in [6.07, 6.45) is 4.73. The number of hydrogen-bond acceptors (Lipinski definition) is 5. The normalized spacial score (nSPS) is 10.2. The van der Waals surface area contributed by atoms with Gasteiger partial charge in [-0.3, -0.25) is 4.79 Å². The molecule has 6 heteroatoms. The predicted molar refractivity (Wildman–Crippen MR) is 92.1 cm³/mol. The van der Waals surface area contributed by atoms with Gasteiger partial charge in [0.1, 0.15) is 11.6 Å². The molecule has 1 N–H and O–H groups in total. The Hall–Kier alpha value is -3.33. The molecule has 0 aliphatic rings. The van der Waals surface area contributed by atoms with E-state index in [0.717, 1.165) is 0 Å². The molecule has 0 atom stereocenters. The van der Waals surface area contributed by atoms with E-state index in [2.05, 4.69) is 23.2 Å². The fourth-order valence-corrected chi connectivity index (χ4v) is 1.90. The molecule has 0 aliphatic heterocycles. The highest BCUT2D eigenvalue weighted by atomic mass is 16.5. The zero-order valence-electron chi connectivity index (χ0n) is 13.5. The Morgan fingerprint density at radius 2 is 1.92 bits per heavy atom. The third-order valence-corrected chi connectivity index (χ3v) is 2.98. The topological polar surface area (TPSA) is 82.4 Å². The van der Waals surface area contributed by atoms with E-state index in [-0.39, 0.29) is 16.8 Å². The molecular formula is C18H19N3O3. The van der Waals surface area contributed by atoms with Crippen LogP contribution in [0.1, 0.15) is 10.4 Å². The van der Waals surface area contributed by atoms with E-state index in [1.54, 1.807) is 35.3 Å². The number of amides is 1. The average molecular weight is 325 g/mol. The molecule has 0 radical (unpaired) electrons. The minimum absolute atomic E-state index is 0.0987. The van der Waals surface area contributed by atoms with Gasteiger partial charge in [0.2, 0.25) is 0 Å². The van der Waals surface area contributed by atoms with Gasteiger partial charge in [-0.05, 0) is 12.1 Å². The third-order valence-electron chi connectivity index (χ3n) is 2.98. The summed E-state index contributed by atoms with van der Waals surface area (Å²) in [4.78, 5) is 25.8. The molecule has 0 unspecified atom stereocenters. The number of ether oxygens (including phenoxy) is 1. The highest BCUT2D eigenvalue weighted by Crippen LogP contribution is 2.17. The van der Waals surface area contributed by atoms with E-state index in [1.165, 1.54) is 19.4 Å². The molecule has 0 spiro atoms. The Bertz CT molecular complexity index is 692. The molecular weight excluding hydrogens is 306 g/mol.